The third kappa shape index (κ3) is 4.96. The van der Waals surface area contributed by atoms with Crippen LogP contribution in [0.5, 0.6) is 0 Å². The largest absolute Gasteiger partial charge is 0.376 e. The van der Waals surface area contributed by atoms with E-state index in [1.54, 1.807) is 37.1 Å². The standard InChI is InChI=1S/C27H28FN5O3S2/c1-17-21(14-23-26(35)33(27(37)38-23)16-20-4-3-13-36-20)24(30(2)25(34)22(17)15-29)32-11-9-31(10-12-32)19-7-5-18(28)6-8-19/h5-8,14,20H,3-4,9-13,16H2,1-2H3/b23-14+. The van der Waals surface area contributed by atoms with Gasteiger partial charge in [0.05, 0.1) is 17.6 Å². The van der Waals surface area contributed by atoms with Crippen molar-refractivity contribution in [3.63, 3.8) is 0 Å². The highest BCUT2D eigenvalue weighted by molar-refractivity contribution is 8.26. The molecule has 0 aliphatic carbocycles. The number of halogens is 1. The summed E-state index contributed by atoms with van der Waals surface area (Å²) in [5.74, 6) is 0.199. The molecule has 1 unspecified atom stereocenters. The molecule has 1 amide bonds. The van der Waals surface area contributed by atoms with Gasteiger partial charge in [0.1, 0.15) is 27.6 Å². The van der Waals surface area contributed by atoms with Crippen LogP contribution in [0.3, 0.4) is 0 Å². The third-order valence-electron chi connectivity index (χ3n) is 7.30. The molecule has 3 aliphatic rings. The first-order valence-electron chi connectivity index (χ1n) is 12.5. The molecule has 8 nitrogen and oxygen atoms in total. The predicted octanol–water partition coefficient (Wildman–Crippen LogP) is 3.41. The van der Waals surface area contributed by atoms with Gasteiger partial charge in [-0.15, -0.1) is 0 Å². The quantitative estimate of drug-likeness (QED) is 0.412. The van der Waals surface area contributed by atoms with Gasteiger partial charge in [-0.1, -0.05) is 24.0 Å². The lowest BCUT2D eigenvalue weighted by Crippen LogP contribution is -2.48. The molecule has 1 atom stereocenters. The van der Waals surface area contributed by atoms with Gasteiger partial charge in [0.2, 0.25) is 0 Å². The number of piperazine rings is 1. The predicted molar refractivity (Wildman–Crippen MR) is 151 cm³/mol. The Kier molecular flexibility index (Phi) is 7.56. The molecule has 5 rings (SSSR count). The zero-order valence-electron chi connectivity index (χ0n) is 21.3. The van der Waals surface area contributed by atoms with Crippen molar-refractivity contribution in [1.82, 2.24) is 9.47 Å². The van der Waals surface area contributed by atoms with Crippen LogP contribution in [0.15, 0.2) is 34.0 Å². The third-order valence-corrected chi connectivity index (χ3v) is 8.68. The zero-order valence-corrected chi connectivity index (χ0v) is 22.9. The van der Waals surface area contributed by atoms with Crippen molar-refractivity contribution >= 4 is 51.8 Å². The number of carbonyl (C=O) groups is 1. The van der Waals surface area contributed by atoms with Crippen molar-refractivity contribution in [1.29, 1.82) is 5.26 Å². The first-order valence-corrected chi connectivity index (χ1v) is 13.8. The van der Waals surface area contributed by atoms with E-state index in [1.807, 2.05) is 6.07 Å². The Morgan fingerprint density at radius 2 is 1.87 bits per heavy atom. The molecule has 198 valence electrons. The average molecular weight is 554 g/mol. The smallest absolute Gasteiger partial charge is 0.270 e. The van der Waals surface area contributed by atoms with Crippen LogP contribution in [-0.4, -0.2) is 65.1 Å². The number of anilines is 2. The van der Waals surface area contributed by atoms with E-state index in [2.05, 4.69) is 9.80 Å². The molecule has 0 saturated carbocycles. The molecule has 3 saturated heterocycles. The van der Waals surface area contributed by atoms with Crippen molar-refractivity contribution < 1.29 is 13.9 Å². The van der Waals surface area contributed by atoms with Crippen molar-refractivity contribution in [2.45, 2.75) is 25.9 Å². The molecule has 0 N–H and O–H groups in total. The number of carbonyl (C=O) groups excluding carboxylic acids is 1. The Labute approximate surface area is 230 Å². The van der Waals surface area contributed by atoms with Crippen LogP contribution in [0, 0.1) is 24.1 Å². The minimum absolute atomic E-state index is 0.0192. The number of nitrogens with zero attached hydrogens (tertiary/aromatic N) is 5. The first-order chi connectivity index (χ1) is 18.3. The number of rotatable bonds is 5. The highest BCUT2D eigenvalue weighted by atomic mass is 32.2. The van der Waals surface area contributed by atoms with Gasteiger partial charge in [0.15, 0.2) is 0 Å². The Morgan fingerprint density at radius 3 is 2.50 bits per heavy atom. The summed E-state index contributed by atoms with van der Waals surface area (Å²) in [6, 6.07) is 8.46. The number of hydrogen-bond acceptors (Lipinski definition) is 8. The van der Waals surface area contributed by atoms with E-state index >= 15 is 0 Å². The van der Waals surface area contributed by atoms with E-state index in [9.17, 15) is 19.2 Å². The van der Waals surface area contributed by atoms with Gasteiger partial charge in [-0.3, -0.25) is 19.1 Å². The lowest BCUT2D eigenvalue weighted by molar-refractivity contribution is -0.123. The molecule has 0 spiro atoms. The SMILES string of the molecule is Cc1c(/C=C2/SC(=S)N(CC3CCCO3)C2=O)c(N2CCN(c3ccc(F)cc3)CC2)n(C)c(=O)c1C#N. The van der Waals surface area contributed by atoms with Gasteiger partial charge in [-0.25, -0.2) is 4.39 Å². The highest BCUT2D eigenvalue weighted by Crippen LogP contribution is 2.36. The number of aromatic nitrogens is 1. The monoisotopic (exact) mass is 553 g/mol. The molecule has 3 fully saturated rings. The number of pyridine rings is 1. The Morgan fingerprint density at radius 1 is 1.18 bits per heavy atom. The Bertz CT molecular complexity index is 1400. The topological polar surface area (TPSA) is 81.8 Å². The second-order valence-corrected chi connectivity index (χ2v) is 11.3. The zero-order chi connectivity index (χ0) is 27.0. The molecule has 1 aromatic carbocycles. The number of benzene rings is 1. The molecular weight excluding hydrogens is 525 g/mol. The molecule has 1 aromatic heterocycles. The fourth-order valence-electron chi connectivity index (χ4n) is 5.20. The fraction of sp³-hybridized carbons (Fsp3) is 0.407. The molecule has 11 heteroatoms. The summed E-state index contributed by atoms with van der Waals surface area (Å²) < 4.78 is 21.1. The van der Waals surface area contributed by atoms with Gasteiger partial charge < -0.3 is 14.5 Å². The molecule has 2 aromatic rings. The summed E-state index contributed by atoms with van der Waals surface area (Å²) in [5.41, 5.74) is 1.82. The molecule has 3 aliphatic heterocycles. The van der Waals surface area contributed by atoms with Crippen LogP contribution in [0.4, 0.5) is 15.9 Å². The maximum Gasteiger partial charge on any atom is 0.270 e. The average Bonchev–Trinajstić information content (AvgIpc) is 3.52. The van der Waals surface area contributed by atoms with Crippen LogP contribution < -0.4 is 15.4 Å². The minimum Gasteiger partial charge on any atom is -0.376 e. The van der Waals surface area contributed by atoms with Crippen molar-refractivity contribution in [3.8, 4) is 6.07 Å². The normalized spacial score (nSPS) is 21.1. The number of thioether (sulfide) groups is 1. The summed E-state index contributed by atoms with van der Waals surface area (Å²) in [5, 5.41) is 9.74. The number of nitriles is 1. The summed E-state index contributed by atoms with van der Waals surface area (Å²) >= 11 is 6.76. The van der Waals surface area contributed by atoms with Gasteiger partial charge in [-0.05, 0) is 55.7 Å². The highest BCUT2D eigenvalue weighted by Gasteiger charge is 2.35. The first kappa shape index (κ1) is 26.4. The molecular formula is C27H28FN5O3S2. The lowest BCUT2D eigenvalue weighted by Gasteiger charge is -2.38. The summed E-state index contributed by atoms with van der Waals surface area (Å²) in [6.07, 6.45) is 3.62. The van der Waals surface area contributed by atoms with E-state index in [1.165, 1.54) is 28.5 Å². The molecule has 0 radical (unpaired) electrons. The fourth-order valence-corrected chi connectivity index (χ4v) is 6.46. The van der Waals surface area contributed by atoms with Crippen molar-refractivity contribution in [2.75, 3.05) is 49.1 Å². The Balaban J connectivity index is 1.47. The lowest BCUT2D eigenvalue weighted by atomic mass is 10.0. The second kappa shape index (κ2) is 10.9. The molecule has 38 heavy (non-hydrogen) atoms. The van der Waals surface area contributed by atoms with Gasteiger partial charge in [0, 0.05) is 51.1 Å². The van der Waals surface area contributed by atoms with Crippen LogP contribution in [-0.2, 0) is 16.6 Å². The summed E-state index contributed by atoms with van der Waals surface area (Å²) in [4.78, 5) is 32.8. The van der Waals surface area contributed by atoms with Gasteiger partial charge in [-0.2, -0.15) is 5.26 Å². The second-order valence-electron chi connectivity index (χ2n) is 9.59. The molecule has 0 bridgehead atoms. The van der Waals surface area contributed by atoms with E-state index in [0.29, 0.717) is 65.5 Å². The van der Waals surface area contributed by atoms with E-state index < -0.39 is 0 Å². The van der Waals surface area contributed by atoms with E-state index in [-0.39, 0.29) is 29.0 Å². The number of thiocarbonyl (C=S) groups is 1. The van der Waals surface area contributed by atoms with Gasteiger partial charge >= 0.3 is 0 Å². The van der Waals surface area contributed by atoms with Crippen LogP contribution in [0.1, 0.15) is 29.5 Å². The minimum atomic E-state index is -0.371. The van der Waals surface area contributed by atoms with Crippen molar-refractivity contribution in [2.24, 2.45) is 7.05 Å². The number of ether oxygens (including phenoxy) is 1. The maximum absolute atomic E-state index is 13.4. The summed E-state index contributed by atoms with van der Waals surface area (Å²) in [6.45, 7) is 5.42. The number of hydrogen-bond donors (Lipinski definition) is 0. The van der Waals surface area contributed by atoms with E-state index in [0.717, 1.165) is 18.5 Å². The van der Waals surface area contributed by atoms with Crippen molar-refractivity contribution in [3.05, 3.63) is 62.0 Å². The van der Waals surface area contributed by atoms with Crippen LogP contribution >= 0.6 is 24.0 Å². The maximum atomic E-state index is 13.4. The van der Waals surface area contributed by atoms with Crippen LogP contribution in [0.2, 0.25) is 0 Å². The van der Waals surface area contributed by atoms with E-state index in [4.69, 9.17) is 17.0 Å². The van der Waals surface area contributed by atoms with Crippen LogP contribution in [0.25, 0.3) is 6.08 Å². The number of amides is 1. The summed E-state index contributed by atoms with van der Waals surface area (Å²) in [7, 11) is 1.66. The molecule has 4 heterocycles. The Hall–Kier alpha value is -3.20. The van der Waals surface area contributed by atoms with Gasteiger partial charge in [0.25, 0.3) is 11.5 Å².